The van der Waals surface area contributed by atoms with Crippen LogP contribution in [0.4, 0.5) is 0 Å². The van der Waals surface area contributed by atoms with Crippen molar-refractivity contribution in [2.45, 2.75) is 0 Å². The van der Waals surface area contributed by atoms with Crippen LogP contribution in [-0.4, -0.2) is 4.57 Å². The van der Waals surface area contributed by atoms with E-state index in [4.69, 9.17) is 4.42 Å². The van der Waals surface area contributed by atoms with E-state index in [0.29, 0.717) is 0 Å². The third-order valence-corrected chi connectivity index (χ3v) is 7.37. The minimum Gasteiger partial charge on any atom is -0.454 e. The van der Waals surface area contributed by atoms with E-state index < -0.39 is 0 Å². The van der Waals surface area contributed by atoms with E-state index in [1.807, 2.05) is 12.1 Å². The molecule has 0 radical (unpaired) electrons. The largest absolute Gasteiger partial charge is 0.454 e. The highest BCUT2D eigenvalue weighted by atomic mass is 16.3. The SMILES string of the molecule is c1cc(-c2ccc3c(ccc4ccccc43)c2)cc(-n2c3ccccc3c3oc4ccccc4c32)c1. The summed E-state index contributed by atoms with van der Waals surface area (Å²) in [5, 5.41) is 7.37. The smallest absolute Gasteiger partial charge is 0.161 e. The average Bonchev–Trinajstić information content (AvgIpc) is 3.47. The van der Waals surface area contributed by atoms with Crippen LogP contribution in [0.1, 0.15) is 0 Å². The van der Waals surface area contributed by atoms with Crippen molar-refractivity contribution >= 4 is 54.5 Å². The van der Waals surface area contributed by atoms with Gasteiger partial charge < -0.3 is 8.98 Å². The van der Waals surface area contributed by atoms with Gasteiger partial charge in [-0.3, -0.25) is 0 Å². The maximum absolute atomic E-state index is 6.35. The summed E-state index contributed by atoms with van der Waals surface area (Å²) in [6.07, 6.45) is 0. The van der Waals surface area contributed by atoms with E-state index in [1.54, 1.807) is 0 Å². The maximum atomic E-state index is 6.35. The summed E-state index contributed by atoms with van der Waals surface area (Å²) in [6, 6.07) is 45.4. The lowest BCUT2D eigenvalue weighted by atomic mass is 9.97. The second-order valence-electron chi connectivity index (χ2n) is 9.40. The van der Waals surface area contributed by atoms with Crippen LogP contribution in [0.3, 0.4) is 0 Å². The van der Waals surface area contributed by atoms with Crippen LogP contribution in [0.5, 0.6) is 0 Å². The molecule has 0 saturated carbocycles. The van der Waals surface area contributed by atoms with Crippen molar-refractivity contribution in [2.24, 2.45) is 0 Å². The summed E-state index contributed by atoms with van der Waals surface area (Å²) >= 11 is 0. The molecule has 36 heavy (non-hydrogen) atoms. The molecule has 2 heteroatoms. The van der Waals surface area contributed by atoms with E-state index in [-0.39, 0.29) is 0 Å². The molecule has 0 amide bonds. The molecule has 0 aliphatic rings. The summed E-state index contributed by atoms with van der Waals surface area (Å²) in [5.74, 6) is 0. The Kier molecular flexibility index (Phi) is 3.97. The van der Waals surface area contributed by atoms with Gasteiger partial charge in [0.05, 0.1) is 5.52 Å². The van der Waals surface area contributed by atoms with Crippen LogP contribution >= 0.6 is 0 Å². The van der Waals surface area contributed by atoms with Crippen molar-refractivity contribution in [1.82, 2.24) is 4.57 Å². The lowest BCUT2D eigenvalue weighted by molar-refractivity contribution is 0.673. The van der Waals surface area contributed by atoms with Gasteiger partial charge in [0.2, 0.25) is 0 Å². The fourth-order valence-electron chi connectivity index (χ4n) is 5.70. The number of hydrogen-bond acceptors (Lipinski definition) is 1. The summed E-state index contributed by atoms with van der Waals surface area (Å²) in [4.78, 5) is 0. The van der Waals surface area contributed by atoms with Crippen LogP contribution in [0, 0.1) is 0 Å². The van der Waals surface area contributed by atoms with Crippen molar-refractivity contribution < 1.29 is 4.42 Å². The number of rotatable bonds is 2. The molecule has 2 aromatic heterocycles. The van der Waals surface area contributed by atoms with Gasteiger partial charge in [-0.2, -0.15) is 0 Å². The maximum Gasteiger partial charge on any atom is 0.161 e. The quantitative estimate of drug-likeness (QED) is 0.235. The number of nitrogens with zero attached hydrogens (tertiary/aromatic N) is 1. The molecule has 0 saturated heterocycles. The van der Waals surface area contributed by atoms with Crippen molar-refractivity contribution in [3.05, 3.63) is 127 Å². The molecule has 6 aromatic carbocycles. The molecule has 0 unspecified atom stereocenters. The van der Waals surface area contributed by atoms with Gasteiger partial charge in [-0.05, 0) is 75.1 Å². The summed E-state index contributed by atoms with van der Waals surface area (Å²) < 4.78 is 8.69. The first-order valence-electron chi connectivity index (χ1n) is 12.3. The topological polar surface area (TPSA) is 18.1 Å². The van der Waals surface area contributed by atoms with Gasteiger partial charge >= 0.3 is 0 Å². The summed E-state index contributed by atoms with van der Waals surface area (Å²) in [5.41, 5.74) is 7.66. The third-order valence-electron chi connectivity index (χ3n) is 7.37. The van der Waals surface area contributed by atoms with Crippen molar-refractivity contribution in [1.29, 1.82) is 0 Å². The minimum atomic E-state index is 0.917. The van der Waals surface area contributed by atoms with E-state index >= 15 is 0 Å². The fourth-order valence-corrected chi connectivity index (χ4v) is 5.70. The van der Waals surface area contributed by atoms with Crippen molar-refractivity contribution in [2.75, 3.05) is 0 Å². The second kappa shape index (κ2) is 7.34. The zero-order chi connectivity index (χ0) is 23.6. The van der Waals surface area contributed by atoms with E-state index in [9.17, 15) is 0 Å². The third kappa shape index (κ3) is 2.73. The Hall–Kier alpha value is -4.82. The molecule has 0 aliphatic carbocycles. The molecule has 2 nitrogen and oxygen atoms in total. The van der Waals surface area contributed by atoms with E-state index in [2.05, 4.69) is 120 Å². The Labute approximate surface area is 207 Å². The molecule has 0 aliphatic heterocycles. The first-order valence-corrected chi connectivity index (χ1v) is 12.3. The molecule has 168 valence electrons. The Bertz CT molecular complexity index is 2100. The molecule has 0 fully saturated rings. The molecule has 8 rings (SSSR count). The highest BCUT2D eigenvalue weighted by Gasteiger charge is 2.19. The van der Waals surface area contributed by atoms with Crippen molar-refractivity contribution in [3.63, 3.8) is 0 Å². The van der Waals surface area contributed by atoms with Crippen LogP contribution in [0.15, 0.2) is 132 Å². The zero-order valence-electron chi connectivity index (χ0n) is 19.5. The Morgan fingerprint density at radius 1 is 0.472 bits per heavy atom. The molecule has 0 atom stereocenters. The zero-order valence-corrected chi connectivity index (χ0v) is 19.5. The number of benzene rings is 6. The summed E-state index contributed by atoms with van der Waals surface area (Å²) in [6.45, 7) is 0. The summed E-state index contributed by atoms with van der Waals surface area (Å²) in [7, 11) is 0. The van der Waals surface area contributed by atoms with Crippen LogP contribution in [-0.2, 0) is 0 Å². The van der Waals surface area contributed by atoms with Crippen LogP contribution in [0.2, 0.25) is 0 Å². The van der Waals surface area contributed by atoms with Gasteiger partial charge in [-0.25, -0.2) is 0 Å². The van der Waals surface area contributed by atoms with E-state index in [0.717, 1.165) is 38.7 Å². The monoisotopic (exact) mass is 459 g/mol. The first-order chi connectivity index (χ1) is 17.8. The Morgan fingerprint density at radius 3 is 2.14 bits per heavy atom. The number of fused-ring (bicyclic) bond motifs is 8. The minimum absolute atomic E-state index is 0.917. The van der Waals surface area contributed by atoms with Crippen molar-refractivity contribution in [3.8, 4) is 16.8 Å². The van der Waals surface area contributed by atoms with Crippen LogP contribution in [0.25, 0.3) is 71.3 Å². The van der Waals surface area contributed by atoms with Gasteiger partial charge in [0.15, 0.2) is 5.58 Å². The molecular formula is C34H21NO. The number of para-hydroxylation sites is 2. The molecule has 0 spiro atoms. The van der Waals surface area contributed by atoms with Gasteiger partial charge in [0, 0.05) is 16.5 Å². The Morgan fingerprint density at radius 2 is 1.19 bits per heavy atom. The molecule has 2 heterocycles. The standard InChI is InChI=1S/C34H21NO/c1-2-11-27-22(8-1)16-17-25-20-24(18-19-28(25)27)23-9-7-10-26(21-23)35-31-14-5-3-12-29(31)34-33(35)30-13-4-6-15-32(30)36-34/h1-21H. The Balaban J connectivity index is 1.36. The highest BCUT2D eigenvalue weighted by Crippen LogP contribution is 2.39. The lowest BCUT2D eigenvalue weighted by Crippen LogP contribution is -1.94. The predicted octanol–water partition coefficient (Wildman–Crippen LogP) is 9.50. The molecular weight excluding hydrogens is 438 g/mol. The normalized spacial score (nSPS) is 11.9. The fraction of sp³-hybridized carbons (Fsp3) is 0. The van der Waals surface area contributed by atoms with E-state index in [1.165, 1.54) is 32.7 Å². The predicted molar refractivity (Wildman–Crippen MR) is 151 cm³/mol. The molecule has 0 N–H and O–H groups in total. The van der Waals surface area contributed by atoms with Gasteiger partial charge in [0.1, 0.15) is 11.1 Å². The van der Waals surface area contributed by atoms with Gasteiger partial charge in [0.25, 0.3) is 0 Å². The first kappa shape index (κ1) is 19.5. The molecule has 0 bridgehead atoms. The number of aromatic nitrogens is 1. The van der Waals surface area contributed by atoms with Gasteiger partial charge in [-0.1, -0.05) is 84.9 Å². The van der Waals surface area contributed by atoms with Crippen LogP contribution < -0.4 is 0 Å². The number of hydrogen-bond donors (Lipinski definition) is 0. The highest BCUT2D eigenvalue weighted by molar-refractivity contribution is 6.16. The lowest BCUT2D eigenvalue weighted by Gasteiger charge is -2.11. The number of furan rings is 1. The second-order valence-corrected chi connectivity index (χ2v) is 9.40. The molecule has 8 aromatic rings. The average molecular weight is 460 g/mol. The van der Waals surface area contributed by atoms with Gasteiger partial charge in [-0.15, -0.1) is 0 Å².